The summed E-state index contributed by atoms with van der Waals surface area (Å²) in [6.07, 6.45) is 4.17. The number of allylic oxidation sites excluding steroid dienone is 2. The molecule has 11 nitrogen and oxygen atoms in total. The number of phosphoric acid groups is 1. The van der Waals surface area contributed by atoms with Crippen LogP contribution in [-0.2, 0) is 32.4 Å². The van der Waals surface area contributed by atoms with Gasteiger partial charge in [0.2, 0.25) is 18.5 Å². The van der Waals surface area contributed by atoms with E-state index in [1.165, 1.54) is 0 Å². The summed E-state index contributed by atoms with van der Waals surface area (Å²) in [6, 6.07) is -0.719. The van der Waals surface area contributed by atoms with E-state index in [0.29, 0.717) is 11.3 Å². The number of piperidine rings is 1. The van der Waals surface area contributed by atoms with Crippen LogP contribution in [0.3, 0.4) is 0 Å². The van der Waals surface area contributed by atoms with Gasteiger partial charge in [0.15, 0.2) is 11.5 Å². The molecule has 12 heteroatoms. The highest BCUT2D eigenvalue weighted by atomic mass is 31.2. The molecule has 0 bridgehead atoms. The summed E-state index contributed by atoms with van der Waals surface area (Å²) in [7, 11) is -4.02. The van der Waals surface area contributed by atoms with Gasteiger partial charge in [0.25, 0.3) is 0 Å². The quantitative estimate of drug-likeness (QED) is 0.395. The fourth-order valence-electron chi connectivity index (χ4n) is 5.50. The third-order valence-corrected chi connectivity index (χ3v) is 8.68. The minimum absolute atomic E-state index is 0.00145. The number of hydrogen-bond acceptors (Lipinski definition) is 10. The molecule has 3 unspecified atom stereocenters. The van der Waals surface area contributed by atoms with Crippen molar-refractivity contribution in [3.8, 4) is 0 Å². The molecule has 7 atom stereocenters. The van der Waals surface area contributed by atoms with Crippen LogP contribution < -0.4 is 5.32 Å². The van der Waals surface area contributed by atoms with Gasteiger partial charge < -0.3 is 29.9 Å². The average molecular weight is 494 g/mol. The molecule has 3 N–H and O–H groups in total. The topological polar surface area (TPSA) is 136 Å². The van der Waals surface area contributed by atoms with Crippen LogP contribution in [0.2, 0.25) is 0 Å². The Balaban J connectivity index is 1.23. The first-order chi connectivity index (χ1) is 16.3. The molecule has 4 heterocycles. The van der Waals surface area contributed by atoms with E-state index in [1.807, 2.05) is 4.90 Å². The third kappa shape index (κ3) is 3.49. The molecule has 0 spiro atoms. The smallest absolute Gasteiger partial charge is 0.477 e. The first-order valence-corrected chi connectivity index (χ1v) is 13.0. The number of likely N-dealkylation sites (tertiary alicyclic amines) is 1. The van der Waals surface area contributed by atoms with E-state index in [-0.39, 0.29) is 25.0 Å². The molecule has 1 amide bonds. The molecule has 4 aliphatic heterocycles. The summed E-state index contributed by atoms with van der Waals surface area (Å²) in [5.41, 5.74) is 1.52. The van der Waals surface area contributed by atoms with Crippen LogP contribution in [0.5, 0.6) is 0 Å². The van der Waals surface area contributed by atoms with Gasteiger partial charge in [-0.25, -0.2) is 4.57 Å². The summed E-state index contributed by atoms with van der Waals surface area (Å²) in [5, 5.41) is 24.3. The van der Waals surface area contributed by atoms with Crippen molar-refractivity contribution in [3.05, 3.63) is 47.3 Å². The zero-order chi connectivity index (χ0) is 23.6. The molecule has 4 saturated heterocycles. The SMILES string of the molecule is C=C1CCCCCN1COP1(=O)O[C@@H]2[C@H](O1)[C@@H](O)C=C1C3C=C4OCOC4=C(O)C3C(=O)N[C@H]12. The lowest BCUT2D eigenvalue weighted by atomic mass is 9.70. The lowest BCUT2D eigenvalue weighted by molar-refractivity contribution is -0.129. The molecular weight excluding hydrogens is 467 g/mol. The van der Waals surface area contributed by atoms with Crippen LogP contribution in [-0.4, -0.2) is 65.4 Å². The van der Waals surface area contributed by atoms with Gasteiger partial charge in [-0.15, -0.1) is 0 Å². The number of phosphoric ester groups is 1. The molecule has 4 fully saturated rings. The number of rotatable bonds is 3. The molecule has 2 aliphatic carbocycles. The van der Waals surface area contributed by atoms with Gasteiger partial charge in [0.1, 0.15) is 31.0 Å². The lowest BCUT2D eigenvalue weighted by Crippen LogP contribution is -2.61. The molecule has 0 aromatic rings. The Morgan fingerprint density at radius 2 is 2.03 bits per heavy atom. The van der Waals surface area contributed by atoms with Gasteiger partial charge >= 0.3 is 7.82 Å². The van der Waals surface area contributed by atoms with Crippen LogP contribution in [0.1, 0.15) is 25.7 Å². The number of ether oxygens (including phenoxy) is 2. The van der Waals surface area contributed by atoms with Gasteiger partial charge in [0, 0.05) is 18.2 Å². The van der Waals surface area contributed by atoms with Gasteiger partial charge in [0.05, 0.1) is 6.04 Å². The third-order valence-electron chi connectivity index (χ3n) is 7.25. The van der Waals surface area contributed by atoms with Gasteiger partial charge in [-0.1, -0.05) is 19.1 Å². The van der Waals surface area contributed by atoms with E-state index in [2.05, 4.69) is 11.9 Å². The standard InChI is InChI=1S/C22H27N2O9P/c1-11-5-3-2-4-6-24(11)9-31-34(28)32-19-14(25)7-13-12-8-15-20(30-10-29-15)18(26)16(12)22(27)23-17(13)21(19)33-34/h7-8,12,14,16-17,19,21,25-26H,1-6,9-10H2,(H,23,27)/t12?,14-,16?,17+,19+,21-,34?/m0/s1. The fraction of sp³-hybridized carbons (Fsp3) is 0.591. The summed E-state index contributed by atoms with van der Waals surface area (Å²) >= 11 is 0. The van der Waals surface area contributed by atoms with Crippen molar-refractivity contribution in [3.63, 3.8) is 0 Å². The number of amides is 1. The Hall–Kier alpha value is -2.30. The van der Waals surface area contributed by atoms with E-state index in [9.17, 15) is 19.6 Å². The van der Waals surface area contributed by atoms with Gasteiger partial charge in [-0.2, -0.15) is 0 Å². The molecule has 0 aromatic heterocycles. The number of carbonyl (C=O) groups is 1. The monoisotopic (exact) mass is 494 g/mol. The summed E-state index contributed by atoms with van der Waals surface area (Å²) < 4.78 is 41.1. The Bertz CT molecular complexity index is 1070. The minimum Gasteiger partial charge on any atom is -0.507 e. The van der Waals surface area contributed by atoms with Gasteiger partial charge in [-0.05, 0) is 30.9 Å². The molecule has 34 heavy (non-hydrogen) atoms. The first-order valence-electron chi connectivity index (χ1n) is 11.5. The van der Waals surface area contributed by atoms with Crippen molar-refractivity contribution in [2.75, 3.05) is 20.1 Å². The average Bonchev–Trinajstić information content (AvgIpc) is 3.36. The highest BCUT2D eigenvalue weighted by molar-refractivity contribution is 7.48. The Morgan fingerprint density at radius 3 is 2.88 bits per heavy atom. The van der Waals surface area contributed by atoms with Crippen LogP contribution >= 0.6 is 7.82 Å². The maximum absolute atomic E-state index is 13.3. The largest absolute Gasteiger partial charge is 0.507 e. The second-order valence-electron chi connectivity index (χ2n) is 9.28. The van der Waals surface area contributed by atoms with Gasteiger partial charge in [-0.3, -0.25) is 18.4 Å². The first kappa shape index (κ1) is 22.2. The number of hydrogen-bond donors (Lipinski definition) is 3. The zero-order valence-electron chi connectivity index (χ0n) is 18.4. The van der Waals surface area contributed by atoms with E-state index in [1.54, 1.807) is 12.2 Å². The Morgan fingerprint density at radius 1 is 1.21 bits per heavy atom. The van der Waals surface area contributed by atoms with Crippen molar-refractivity contribution in [1.29, 1.82) is 0 Å². The normalized spacial score (nSPS) is 41.1. The van der Waals surface area contributed by atoms with Crippen molar-refractivity contribution in [2.45, 2.75) is 50.0 Å². The number of nitrogens with zero attached hydrogens (tertiary/aromatic N) is 1. The molecule has 0 aromatic carbocycles. The Kier molecular flexibility index (Phi) is 5.31. The predicted octanol–water partition coefficient (Wildman–Crippen LogP) is 1.95. The second kappa shape index (κ2) is 8.13. The van der Waals surface area contributed by atoms with Crippen molar-refractivity contribution >= 4 is 13.7 Å². The highest BCUT2D eigenvalue weighted by Crippen LogP contribution is 2.61. The lowest BCUT2D eigenvalue weighted by Gasteiger charge is -2.44. The molecular formula is C22H27N2O9P. The Labute approximate surface area is 196 Å². The minimum atomic E-state index is -4.02. The zero-order valence-corrected chi connectivity index (χ0v) is 19.3. The number of aliphatic hydroxyl groups is 2. The molecule has 0 radical (unpaired) electrons. The number of nitrogens with one attached hydrogen (secondary N) is 1. The molecule has 6 rings (SSSR count). The number of carbonyl (C=O) groups excluding carboxylic acids is 1. The maximum Gasteiger partial charge on any atom is 0.477 e. The second-order valence-corrected chi connectivity index (χ2v) is 10.9. The van der Waals surface area contributed by atoms with Crippen LogP contribution in [0.4, 0.5) is 0 Å². The maximum atomic E-state index is 13.3. The number of aliphatic hydroxyl groups excluding tert-OH is 2. The van der Waals surface area contributed by atoms with E-state index < -0.39 is 49.9 Å². The van der Waals surface area contributed by atoms with Crippen LogP contribution in [0.25, 0.3) is 0 Å². The number of fused-ring (bicyclic) bond motifs is 6. The predicted molar refractivity (Wildman–Crippen MR) is 115 cm³/mol. The van der Waals surface area contributed by atoms with E-state index >= 15 is 0 Å². The van der Waals surface area contributed by atoms with Crippen molar-refractivity contribution in [2.24, 2.45) is 11.8 Å². The van der Waals surface area contributed by atoms with Crippen molar-refractivity contribution in [1.82, 2.24) is 10.2 Å². The van der Waals surface area contributed by atoms with E-state index in [4.69, 9.17) is 23.0 Å². The highest BCUT2D eigenvalue weighted by Gasteiger charge is 2.59. The van der Waals surface area contributed by atoms with E-state index in [0.717, 1.165) is 37.9 Å². The summed E-state index contributed by atoms with van der Waals surface area (Å²) in [5.74, 6) is -1.67. The van der Waals surface area contributed by atoms with Crippen LogP contribution in [0.15, 0.2) is 47.3 Å². The molecule has 184 valence electrons. The van der Waals surface area contributed by atoms with Crippen molar-refractivity contribution < 1.29 is 42.6 Å². The molecule has 0 saturated carbocycles. The molecule has 6 aliphatic rings. The summed E-state index contributed by atoms with van der Waals surface area (Å²) in [6.45, 7) is 4.75. The summed E-state index contributed by atoms with van der Waals surface area (Å²) in [4.78, 5) is 14.9. The van der Waals surface area contributed by atoms with Crippen LogP contribution in [0, 0.1) is 11.8 Å². The fourth-order valence-corrected chi connectivity index (χ4v) is 7.04.